The van der Waals surface area contributed by atoms with Gasteiger partial charge in [-0.2, -0.15) is 0 Å². The van der Waals surface area contributed by atoms with Gasteiger partial charge in [-0.05, 0) is 46.0 Å². The molecule has 2 fully saturated rings. The standard InChI is InChI=1S/C17H26N2O3/c1-12-4-5-16(22-12)14-10-19(11-15(14)18(2)3)17(20)13-6-8-21-9-7-13/h4-5,13-15H,6-11H2,1-3H3/t14-,15-/m0/s1. The van der Waals surface area contributed by atoms with Crippen LogP contribution >= 0.6 is 0 Å². The Morgan fingerprint density at radius 3 is 2.55 bits per heavy atom. The van der Waals surface area contributed by atoms with Gasteiger partial charge in [0.15, 0.2) is 0 Å². The zero-order valence-electron chi connectivity index (χ0n) is 13.7. The van der Waals surface area contributed by atoms with Gasteiger partial charge >= 0.3 is 0 Å². The van der Waals surface area contributed by atoms with Crippen LogP contribution in [-0.4, -0.2) is 62.1 Å². The van der Waals surface area contributed by atoms with Crippen LogP contribution < -0.4 is 0 Å². The average molecular weight is 306 g/mol. The van der Waals surface area contributed by atoms with E-state index in [9.17, 15) is 4.79 Å². The summed E-state index contributed by atoms with van der Waals surface area (Å²) in [4.78, 5) is 17.0. The third-order valence-electron chi connectivity index (χ3n) is 4.96. The quantitative estimate of drug-likeness (QED) is 0.855. The maximum Gasteiger partial charge on any atom is 0.225 e. The van der Waals surface area contributed by atoms with Gasteiger partial charge in [0.2, 0.25) is 5.91 Å². The fourth-order valence-corrected chi connectivity index (χ4v) is 3.62. The van der Waals surface area contributed by atoms with Crippen molar-refractivity contribution in [3.63, 3.8) is 0 Å². The molecule has 3 rings (SSSR count). The molecule has 2 aliphatic heterocycles. The van der Waals surface area contributed by atoms with E-state index in [1.807, 2.05) is 17.9 Å². The summed E-state index contributed by atoms with van der Waals surface area (Å²) in [7, 11) is 4.16. The molecule has 22 heavy (non-hydrogen) atoms. The van der Waals surface area contributed by atoms with E-state index in [0.29, 0.717) is 25.2 Å². The molecular weight excluding hydrogens is 280 g/mol. The lowest BCUT2D eigenvalue weighted by molar-refractivity contribution is -0.137. The van der Waals surface area contributed by atoms with Crippen molar-refractivity contribution in [3.05, 3.63) is 23.7 Å². The number of amides is 1. The Morgan fingerprint density at radius 1 is 1.23 bits per heavy atom. The molecule has 0 aromatic carbocycles. The van der Waals surface area contributed by atoms with Crippen molar-refractivity contribution >= 4 is 5.91 Å². The average Bonchev–Trinajstić information content (AvgIpc) is 3.13. The molecule has 1 aromatic rings. The van der Waals surface area contributed by atoms with E-state index in [1.54, 1.807) is 0 Å². The van der Waals surface area contributed by atoms with Gasteiger partial charge in [0.25, 0.3) is 0 Å². The van der Waals surface area contributed by atoms with Gasteiger partial charge in [-0.1, -0.05) is 0 Å². The van der Waals surface area contributed by atoms with Gasteiger partial charge in [0.1, 0.15) is 11.5 Å². The minimum absolute atomic E-state index is 0.133. The molecule has 3 heterocycles. The second-order valence-electron chi connectivity index (χ2n) is 6.72. The SMILES string of the molecule is Cc1ccc([C@H]2CN(C(=O)C3CCOCC3)C[C@@H]2N(C)C)o1. The third-order valence-corrected chi connectivity index (χ3v) is 4.96. The van der Waals surface area contributed by atoms with Crippen molar-refractivity contribution < 1.29 is 13.9 Å². The zero-order valence-corrected chi connectivity index (χ0v) is 13.7. The Kier molecular flexibility index (Phi) is 4.54. The summed E-state index contributed by atoms with van der Waals surface area (Å²) in [5.74, 6) is 2.61. The molecule has 1 amide bonds. The van der Waals surface area contributed by atoms with E-state index < -0.39 is 0 Å². The fourth-order valence-electron chi connectivity index (χ4n) is 3.62. The molecule has 122 valence electrons. The number of carbonyl (C=O) groups is 1. The number of hydrogen-bond donors (Lipinski definition) is 0. The van der Waals surface area contributed by atoms with Crippen molar-refractivity contribution in [1.29, 1.82) is 0 Å². The number of hydrogen-bond acceptors (Lipinski definition) is 4. The lowest BCUT2D eigenvalue weighted by atomic mass is 9.98. The van der Waals surface area contributed by atoms with Crippen molar-refractivity contribution in [1.82, 2.24) is 9.80 Å². The smallest absolute Gasteiger partial charge is 0.225 e. The first-order chi connectivity index (χ1) is 10.6. The summed E-state index contributed by atoms with van der Waals surface area (Å²) in [6, 6.07) is 4.37. The van der Waals surface area contributed by atoms with Crippen LogP contribution in [0.1, 0.15) is 30.3 Å². The van der Waals surface area contributed by atoms with Crippen LogP contribution in [0.5, 0.6) is 0 Å². The summed E-state index contributed by atoms with van der Waals surface area (Å²) in [5, 5.41) is 0. The Bertz CT molecular complexity index is 520. The van der Waals surface area contributed by atoms with Gasteiger partial charge in [0, 0.05) is 38.3 Å². The van der Waals surface area contributed by atoms with Gasteiger partial charge in [-0.3, -0.25) is 4.79 Å². The summed E-state index contributed by atoms with van der Waals surface area (Å²) in [6.07, 6.45) is 1.71. The van der Waals surface area contributed by atoms with Crippen LogP contribution in [-0.2, 0) is 9.53 Å². The predicted molar refractivity (Wildman–Crippen MR) is 83.8 cm³/mol. The largest absolute Gasteiger partial charge is 0.466 e. The molecule has 5 nitrogen and oxygen atoms in total. The number of aryl methyl sites for hydroxylation is 1. The lowest BCUT2D eigenvalue weighted by Crippen LogP contribution is -2.39. The molecule has 0 saturated carbocycles. The predicted octanol–water partition coefficient (Wildman–Crippen LogP) is 1.87. The van der Waals surface area contributed by atoms with E-state index in [0.717, 1.165) is 37.5 Å². The van der Waals surface area contributed by atoms with E-state index in [2.05, 4.69) is 25.1 Å². The number of furan rings is 1. The Balaban J connectivity index is 1.73. The molecule has 2 aliphatic rings. The summed E-state index contributed by atoms with van der Waals surface area (Å²) >= 11 is 0. The molecular formula is C17H26N2O3. The first kappa shape index (κ1) is 15.6. The highest BCUT2D eigenvalue weighted by molar-refractivity contribution is 5.79. The second kappa shape index (κ2) is 6.42. The van der Waals surface area contributed by atoms with E-state index in [4.69, 9.17) is 9.15 Å². The van der Waals surface area contributed by atoms with E-state index in [-0.39, 0.29) is 11.8 Å². The molecule has 0 spiro atoms. The Hall–Kier alpha value is -1.33. The molecule has 0 radical (unpaired) electrons. The molecule has 1 aromatic heterocycles. The third kappa shape index (κ3) is 3.06. The van der Waals surface area contributed by atoms with Crippen LogP contribution in [0, 0.1) is 12.8 Å². The first-order valence-corrected chi connectivity index (χ1v) is 8.15. The highest BCUT2D eigenvalue weighted by Crippen LogP contribution is 2.33. The van der Waals surface area contributed by atoms with E-state index >= 15 is 0 Å². The van der Waals surface area contributed by atoms with Gasteiger partial charge in [0.05, 0.1) is 5.92 Å². The van der Waals surface area contributed by atoms with Crippen LogP contribution in [0.4, 0.5) is 0 Å². The number of rotatable bonds is 3. The molecule has 0 aliphatic carbocycles. The van der Waals surface area contributed by atoms with Crippen molar-refractivity contribution in [2.75, 3.05) is 40.4 Å². The highest BCUT2D eigenvalue weighted by Gasteiger charge is 2.40. The minimum Gasteiger partial charge on any atom is -0.466 e. The number of carbonyl (C=O) groups excluding carboxylic acids is 1. The highest BCUT2D eigenvalue weighted by atomic mass is 16.5. The van der Waals surface area contributed by atoms with Crippen molar-refractivity contribution in [2.24, 2.45) is 5.92 Å². The molecule has 2 atom stereocenters. The maximum atomic E-state index is 12.8. The number of likely N-dealkylation sites (tertiary alicyclic amines) is 1. The topological polar surface area (TPSA) is 45.9 Å². The minimum atomic E-state index is 0.133. The van der Waals surface area contributed by atoms with Crippen LogP contribution in [0.25, 0.3) is 0 Å². The van der Waals surface area contributed by atoms with Crippen molar-refractivity contribution in [3.8, 4) is 0 Å². The normalized spacial score (nSPS) is 26.8. The fraction of sp³-hybridized carbons (Fsp3) is 0.706. The van der Waals surface area contributed by atoms with Crippen LogP contribution in [0.15, 0.2) is 16.5 Å². The van der Waals surface area contributed by atoms with Gasteiger partial charge < -0.3 is 19.0 Å². The summed E-state index contributed by atoms with van der Waals surface area (Å²) in [5.41, 5.74) is 0. The zero-order chi connectivity index (χ0) is 15.7. The molecule has 0 N–H and O–H groups in total. The number of nitrogens with zero attached hydrogens (tertiary/aromatic N) is 2. The van der Waals surface area contributed by atoms with E-state index in [1.165, 1.54) is 0 Å². The first-order valence-electron chi connectivity index (χ1n) is 8.15. The molecule has 5 heteroatoms. The molecule has 0 bridgehead atoms. The second-order valence-corrected chi connectivity index (χ2v) is 6.72. The molecule has 0 unspecified atom stereocenters. The van der Waals surface area contributed by atoms with Crippen LogP contribution in [0.2, 0.25) is 0 Å². The summed E-state index contributed by atoms with van der Waals surface area (Å²) in [6.45, 7) is 4.93. The van der Waals surface area contributed by atoms with Gasteiger partial charge in [-0.15, -0.1) is 0 Å². The van der Waals surface area contributed by atoms with Gasteiger partial charge in [-0.25, -0.2) is 0 Å². The van der Waals surface area contributed by atoms with Crippen molar-refractivity contribution in [2.45, 2.75) is 31.7 Å². The monoisotopic (exact) mass is 306 g/mol. The number of likely N-dealkylation sites (N-methyl/N-ethyl adjacent to an activating group) is 1. The Morgan fingerprint density at radius 2 is 1.95 bits per heavy atom. The maximum absolute atomic E-state index is 12.8. The summed E-state index contributed by atoms with van der Waals surface area (Å²) < 4.78 is 11.2. The lowest BCUT2D eigenvalue weighted by Gasteiger charge is -2.27. The Labute approximate surface area is 132 Å². The van der Waals surface area contributed by atoms with Crippen LogP contribution in [0.3, 0.4) is 0 Å². The molecule has 2 saturated heterocycles. The number of ether oxygens (including phenoxy) is 1.